The Hall–Kier alpha value is -1.27. The molecule has 0 aliphatic rings. The number of hydrogen-bond acceptors (Lipinski definition) is 0. The second-order valence-corrected chi connectivity index (χ2v) is 6.36. The number of halogens is 1. The molecule has 106 valence electrons. The van der Waals surface area contributed by atoms with E-state index in [1.54, 1.807) is 0 Å². The van der Waals surface area contributed by atoms with Crippen molar-refractivity contribution in [2.75, 3.05) is 0 Å². The molecule has 20 heavy (non-hydrogen) atoms. The van der Waals surface area contributed by atoms with Crippen LogP contribution in [0.4, 0.5) is 0 Å². The molecule has 1 unspecified atom stereocenters. The van der Waals surface area contributed by atoms with Gasteiger partial charge in [0.05, 0.1) is 5.38 Å². The highest BCUT2D eigenvalue weighted by Crippen LogP contribution is 2.33. The van der Waals surface area contributed by atoms with E-state index < -0.39 is 0 Å². The Morgan fingerprint density at radius 2 is 1.50 bits per heavy atom. The zero-order chi connectivity index (χ0) is 14.9. The Balaban J connectivity index is 2.37. The van der Waals surface area contributed by atoms with Crippen molar-refractivity contribution >= 4 is 11.6 Å². The minimum Gasteiger partial charge on any atom is -0.117 e. The maximum absolute atomic E-state index is 6.75. The van der Waals surface area contributed by atoms with Crippen LogP contribution in [0.1, 0.15) is 44.3 Å². The topological polar surface area (TPSA) is 0 Å². The minimum atomic E-state index is 0.0374. The third-order valence-corrected chi connectivity index (χ3v) is 4.61. The van der Waals surface area contributed by atoms with Crippen LogP contribution in [-0.2, 0) is 6.42 Å². The molecule has 0 saturated carbocycles. The maximum atomic E-state index is 6.75. The molecular weight excluding hydrogens is 264 g/mol. The summed E-state index contributed by atoms with van der Waals surface area (Å²) in [5.74, 6) is 0. The zero-order valence-corrected chi connectivity index (χ0v) is 13.8. The van der Waals surface area contributed by atoms with Gasteiger partial charge in [-0.15, -0.1) is 11.6 Å². The lowest BCUT2D eigenvalue weighted by atomic mass is 9.90. The normalized spacial score (nSPS) is 12.5. The zero-order valence-electron chi connectivity index (χ0n) is 13.0. The highest BCUT2D eigenvalue weighted by atomic mass is 35.5. The van der Waals surface area contributed by atoms with Crippen LogP contribution in [0.3, 0.4) is 0 Å². The van der Waals surface area contributed by atoms with Gasteiger partial charge in [-0.3, -0.25) is 0 Å². The van der Waals surface area contributed by atoms with Crippen LogP contribution in [0.25, 0.3) is 0 Å². The molecule has 2 aromatic carbocycles. The first-order valence-corrected chi connectivity index (χ1v) is 7.60. The molecule has 0 radical (unpaired) electrons. The summed E-state index contributed by atoms with van der Waals surface area (Å²) in [5.41, 5.74) is 9.24. The van der Waals surface area contributed by atoms with Gasteiger partial charge in [0.1, 0.15) is 0 Å². The molecule has 0 amide bonds. The van der Waals surface area contributed by atoms with Gasteiger partial charge < -0.3 is 0 Å². The molecule has 2 rings (SSSR count). The van der Waals surface area contributed by atoms with Crippen molar-refractivity contribution < 1.29 is 0 Å². The summed E-state index contributed by atoms with van der Waals surface area (Å²) in [6, 6.07) is 10.9. The molecule has 1 heteroatoms. The second-order valence-electron chi connectivity index (χ2n) is 5.83. The van der Waals surface area contributed by atoms with Crippen molar-refractivity contribution in [3.63, 3.8) is 0 Å². The van der Waals surface area contributed by atoms with Crippen LogP contribution in [0.2, 0.25) is 0 Å². The molecule has 0 aliphatic heterocycles. The van der Waals surface area contributed by atoms with Crippen LogP contribution < -0.4 is 0 Å². The first kappa shape index (κ1) is 15.1. The number of hydrogen-bond donors (Lipinski definition) is 0. The summed E-state index contributed by atoms with van der Waals surface area (Å²) in [6.07, 6.45) is 0.883. The fourth-order valence-electron chi connectivity index (χ4n) is 2.87. The molecule has 0 aliphatic carbocycles. The molecule has 0 bridgehead atoms. The van der Waals surface area contributed by atoms with E-state index in [0.29, 0.717) is 0 Å². The lowest BCUT2D eigenvalue weighted by Crippen LogP contribution is -2.04. The van der Waals surface area contributed by atoms with Crippen molar-refractivity contribution in [1.82, 2.24) is 0 Å². The number of alkyl halides is 1. The van der Waals surface area contributed by atoms with Crippen LogP contribution in [0.15, 0.2) is 30.3 Å². The van der Waals surface area contributed by atoms with Crippen LogP contribution >= 0.6 is 11.6 Å². The van der Waals surface area contributed by atoms with Crippen molar-refractivity contribution in [3.8, 4) is 0 Å². The second kappa shape index (κ2) is 6.01. The monoisotopic (exact) mass is 286 g/mol. The predicted molar refractivity (Wildman–Crippen MR) is 88.9 cm³/mol. The fraction of sp³-hybridized carbons (Fsp3) is 0.368. The number of rotatable bonds is 3. The average molecular weight is 287 g/mol. The quantitative estimate of drug-likeness (QED) is 0.630. The SMILES string of the molecule is Cc1cccc(CC(Cl)c2c(C)c(C)cc(C)c2C)c1. The Labute approximate surface area is 127 Å². The summed E-state index contributed by atoms with van der Waals surface area (Å²) < 4.78 is 0. The third-order valence-electron chi connectivity index (χ3n) is 4.23. The third kappa shape index (κ3) is 3.07. The van der Waals surface area contributed by atoms with E-state index in [4.69, 9.17) is 11.6 Å². The molecule has 0 N–H and O–H groups in total. The van der Waals surface area contributed by atoms with Gasteiger partial charge in [-0.2, -0.15) is 0 Å². The van der Waals surface area contributed by atoms with Crippen molar-refractivity contribution in [1.29, 1.82) is 0 Å². The molecule has 0 saturated heterocycles. The van der Waals surface area contributed by atoms with Gasteiger partial charge in [0.25, 0.3) is 0 Å². The molecule has 0 nitrogen and oxygen atoms in total. The molecular formula is C19H23Cl. The van der Waals surface area contributed by atoms with Crippen molar-refractivity contribution in [3.05, 3.63) is 69.3 Å². The van der Waals surface area contributed by atoms with Crippen molar-refractivity contribution in [2.24, 2.45) is 0 Å². The van der Waals surface area contributed by atoms with Crippen LogP contribution in [0.5, 0.6) is 0 Å². The Morgan fingerprint density at radius 3 is 2.05 bits per heavy atom. The molecule has 1 atom stereocenters. The minimum absolute atomic E-state index is 0.0374. The standard InChI is InChI=1S/C19H23Cl/c1-12-7-6-8-17(9-12)11-18(20)19-15(4)13(2)10-14(3)16(19)5/h6-10,18H,11H2,1-5H3. The first-order chi connectivity index (χ1) is 9.40. The largest absolute Gasteiger partial charge is 0.117 e. The summed E-state index contributed by atoms with van der Waals surface area (Å²) >= 11 is 6.75. The van der Waals surface area contributed by atoms with E-state index in [0.717, 1.165) is 6.42 Å². The van der Waals surface area contributed by atoms with E-state index in [-0.39, 0.29) is 5.38 Å². The summed E-state index contributed by atoms with van der Waals surface area (Å²) in [5, 5.41) is 0.0374. The number of aryl methyl sites for hydroxylation is 3. The molecule has 2 aromatic rings. The van der Waals surface area contributed by atoms with E-state index in [1.165, 1.54) is 38.9 Å². The van der Waals surface area contributed by atoms with E-state index >= 15 is 0 Å². The Morgan fingerprint density at radius 1 is 0.900 bits per heavy atom. The van der Waals surface area contributed by atoms with Gasteiger partial charge in [0, 0.05) is 0 Å². The van der Waals surface area contributed by atoms with Gasteiger partial charge in [-0.1, -0.05) is 35.9 Å². The molecule has 0 heterocycles. The van der Waals surface area contributed by atoms with Gasteiger partial charge in [-0.05, 0) is 74.4 Å². The Kier molecular flexibility index (Phi) is 4.55. The first-order valence-electron chi connectivity index (χ1n) is 7.17. The fourth-order valence-corrected chi connectivity index (χ4v) is 3.37. The Bertz CT molecular complexity index is 600. The molecule has 0 spiro atoms. The highest BCUT2D eigenvalue weighted by Gasteiger charge is 2.17. The number of benzene rings is 2. The van der Waals surface area contributed by atoms with Gasteiger partial charge in [0.2, 0.25) is 0 Å². The van der Waals surface area contributed by atoms with E-state index in [2.05, 4.69) is 65.0 Å². The van der Waals surface area contributed by atoms with Gasteiger partial charge in [0.15, 0.2) is 0 Å². The maximum Gasteiger partial charge on any atom is 0.0630 e. The van der Waals surface area contributed by atoms with Crippen LogP contribution in [0, 0.1) is 34.6 Å². The smallest absolute Gasteiger partial charge is 0.0630 e. The summed E-state index contributed by atoms with van der Waals surface area (Å²) in [7, 11) is 0. The lowest BCUT2D eigenvalue weighted by Gasteiger charge is -2.20. The van der Waals surface area contributed by atoms with Gasteiger partial charge in [-0.25, -0.2) is 0 Å². The molecule has 0 aromatic heterocycles. The van der Waals surface area contributed by atoms with E-state index in [9.17, 15) is 0 Å². The van der Waals surface area contributed by atoms with E-state index in [1.807, 2.05) is 0 Å². The average Bonchev–Trinajstić information content (AvgIpc) is 2.36. The van der Waals surface area contributed by atoms with Crippen molar-refractivity contribution in [2.45, 2.75) is 46.4 Å². The van der Waals surface area contributed by atoms with Crippen LogP contribution in [-0.4, -0.2) is 0 Å². The predicted octanol–water partition coefficient (Wildman–Crippen LogP) is 5.75. The highest BCUT2D eigenvalue weighted by molar-refractivity contribution is 6.21. The van der Waals surface area contributed by atoms with Gasteiger partial charge >= 0.3 is 0 Å². The summed E-state index contributed by atoms with van der Waals surface area (Å²) in [6.45, 7) is 10.8. The molecule has 0 fully saturated rings. The summed E-state index contributed by atoms with van der Waals surface area (Å²) in [4.78, 5) is 0. The lowest BCUT2D eigenvalue weighted by molar-refractivity contribution is 0.891.